The number of aliphatic imine (C=N–C) groups is 2. The molecule has 1 fully saturated rings. The Balaban J connectivity index is 0.00000105. The number of nitrogens with one attached hydrogen (secondary N) is 1. The van der Waals surface area contributed by atoms with E-state index in [1.165, 1.54) is 36.9 Å². The second-order valence-corrected chi connectivity index (χ2v) is 9.04. The molecule has 0 radical (unpaired) electrons. The van der Waals surface area contributed by atoms with Crippen LogP contribution in [-0.2, 0) is 6.54 Å². The zero-order valence-electron chi connectivity index (χ0n) is 14.6. The molecule has 4 nitrogen and oxygen atoms in total. The molecular weight excluding hydrogens is 443 g/mol. The van der Waals surface area contributed by atoms with Crippen molar-refractivity contribution in [1.29, 1.82) is 0 Å². The van der Waals surface area contributed by atoms with E-state index in [1.807, 2.05) is 30.0 Å². The van der Waals surface area contributed by atoms with Gasteiger partial charge in [0.15, 0.2) is 10.3 Å². The fourth-order valence-corrected chi connectivity index (χ4v) is 5.98. The first-order valence-electron chi connectivity index (χ1n) is 8.74. The Hall–Kier alpha value is -0.530. The van der Waals surface area contributed by atoms with E-state index in [1.54, 1.807) is 11.8 Å². The number of amidine groups is 2. The Bertz CT molecular complexity index is 812. The van der Waals surface area contributed by atoms with Gasteiger partial charge in [-0.2, -0.15) is 0 Å². The van der Waals surface area contributed by atoms with Gasteiger partial charge in [-0.3, -0.25) is 4.99 Å². The quantitative estimate of drug-likeness (QED) is 0.621. The minimum atomic E-state index is 0. The van der Waals surface area contributed by atoms with Crippen molar-refractivity contribution in [3.05, 3.63) is 39.9 Å². The van der Waals surface area contributed by atoms with Gasteiger partial charge >= 0.3 is 0 Å². The number of thioether (sulfide) groups is 2. The van der Waals surface area contributed by atoms with Gasteiger partial charge in [-0.15, -0.1) is 24.8 Å². The molecule has 1 aromatic rings. The average molecular weight is 464 g/mol. The van der Waals surface area contributed by atoms with Crippen LogP contribution in [0.25, 0.3) is 0 Å². The molecule has 0 saturated heterocycles. The van der Waals surface area contributed by atoms with Crippen LogP contribution in [0.4, 0.5) is 5.69 Å². The Labute approximate surface area is 185 Å². The van der Waals surface area contributed by atoms with Crippen molar-refractivity contribution in [2.24, 2.45) is 9.98 Å². The van der Waals surface area contributed by atoms with Crippen LogP contribution in [0.3, 0.4) is 0 Å². The van der Waals surface area contributed by atoms with Crippen LogP contribution in [0.15, 0.2) is 39.3 Å². The van der Waals surface area contributed by atoms with Crippen LogP contribution in [-0.4, -0.2) is 33.1 Å². The van der Waals surface area contributed by atoms with Crippen LogP contribution < -0.4 is 5.32 Å². The second-order valence-electron chi connectivity index (χ2n) is 6.81. The molecule has 4 aliphatic rings. The zero-order valence-corrected chi connectivity index (χ0v) is 18.6. The molecular formula is C18H21Cl3N4S2. The van der Waals surface area contributed by atoms with E-state index >= 15 is 0 Å². The Morgan fingerprint density at radius 3 is 2.96 bits per heavy atom. The highest BCUT2D eigenvalue weighted by molar-refractivity contribution is 8.17. The molecule has 0 unspecified atom stereocenters. The van der Waals surface area contributed by atoms with Crippen molar-refractivity contribution in [2.75, 3.05) is 5.75 Å². The molecule has 0 amide bonds. The Kier molecular flexibility index (Phi) is 6.96. The molecule has 5 rings (SSSR count). The summed E-state index contributed by atoms with van der Waals surface area (Å²) >= 11 is 9.68. The molecule has 0 aromatic heterocycles. The molecule has 27 heavy (non-hydrogen) atoms. The smallest absolute Gasteiger partial charge is 0.173 e. The van der Waals surface area contributed by atoms with Crippen molar-refractivity contribution < 1.29 is 0 Å². The first kappa shape index (κ1) is 21.2. The van der Waals surface area contributed by atoms with E-state index in [9.17, 15) is 0 Å². The summed E-state index contributed by atoms with van der Waals surface area (Å²) in [6.07, 6.45) is 5.15. The van der Waals surface area contributed by atoms with Crippen LogP contribution in [0.1, 0.15) is 31.2 Å². The summed E-state index contributed by atoms with van der Waals surface area (Å²) in [6, 6.07) is 7.02. The van der Waals surface area contributed by atoms with Crippen molar-refractivity contribution in [3.63, 3.8) is 0 Å². The Morgan fingerprint density at radius 1 is 1.26 bits per heavy atom. The minimum Gasteiger partial charge on any atom is -0.360 e. The van der Waals surface area contributed by atoms with E-state index in [-0.39, 0.29) is 24.8 Å². The van der Waals surface area contributed by atoms with Gasteiger partial charge in [0.1, 0.15) is 0 Å². The van der Waals surface area contributed by atoms with Crippen molar-refractivity contribution in [2.45, 2.75) is 44.3 Å². The number of rotatable bonds is 2. The van der Waals surface area contributed by atoms with Gasteiger partial charge in [-0.25, -0.2) is 4.99 Å². The van der Waals surface area contributed by atoms with E-state index in [4.69, 9.17) is 21.6 Å². The highest BCUT2D eigenvalue weighted by atomic mass is 35.5. The lowest BCUT2D eigenvalue weighted by atomic mass is 9.92. The average Bonchev–Trinajstić information content (AvgIpc) is 3.21. The molecule has 3 heterocycles. The first-order valence-corrected chi connectivity index (χ1v) is 11.0. The number of benzene rings is 1. The van der Waals surface area contributed by atoms with Crippen LogP contribution in [0, 0.1) is 0 Å². The summed E-state index contributed by atoms with van der Waals surface area (Å²) in [5.74, 6) is 0.924. The molecule has 9 heteroatoms. The number of halogens is 3. The van der Waals surface area contributed by atoms with Crippen molar-refractivity contribution in [3.8, 4) is 0 Å². The van der Waals surface area contributed by atoms with Crippen molar-refractivity contribution >= 4 is 76.0 Å². The third kappa shape index (κ3) is 4.25. The van der Waals surface area contributed by atoms with Gasteiger partial charge in [0.2, 0.25) is 0 Å². The first-order chi connectivity index (χ1) is 12.3. The molecule has 1 aliphatic carbocycles. The van der Waals surface area contributed by atoms with Gasteiger partial charge in [0.05, 0.1) is 24.3 Å². The normalized spacial score (nSPS) is 24.9. The van der Waals surface area contributed by atoms with Gasteiger partial charge in [0.25, 0.3) is 0 Å². The van der Waals surface area contributed by atoms with E-state index in [0.717, 1.165) is 33.3 Å². The third-order valence-corrected chi connectivity index (χ3v) is 7.23. The lowest BCUT2D eigenvalue weighted by Crippen LogP contribution is -2.36. The number of hydrogen-bond acceptors (Lipinski definition) is 6. The van der Waals surface area contributed by atoms with Gasteiger partial charge < -0.3 is 10.2 Å². The predicted molar refractivity (Wildman–Crippen MR) is 123 cm³/mol. The number of fused-ring (bicyclic) bond motifs is 3. The maximum Gasteiger partial charge on any atom is 0.173 e. The van der Waals surface area contributed by atoms with Crippen LogP contribution in [0.5, 0.6) is 0 Å². The summed E-state index contributed by atoms with van der Waals surface area (Å²) in [5, 5.41) is 8.81. The fourth-order valence-electron chi connectivity index (χ4n) is 3.80. The summed E-state index contributed by atoms with van der Waals surface area (Å²) in [5.41, 5.74) is 3.53. The van der Waals surface area contributed by atoms with E-state index in [2.05, 4.69) is 15.6 Å². The molecule has 2 atom stereocenters. The van der Waals surface area contributed by atoms with Gasteiger partial charge in [0, 0.05) is 16.5 Å². The molecule has 146 valence electrons. The Morgan fingerprint density at radius 2 is 2.11 bits per heavy atom. The lowest BCUT2D eigenvalue weighted by molar-refractivity contribution is 0.385. The third-order valence-electron chi connectivity index (χ3n) is 5.14. The van der Waals surface area contributed by atoms with Crippen molar-refractivity contribution in [1.82, 2.24) is 10.2 Å². The van der Waals surface area contributed by atoms with E-state index < -0.39 is 0 Å². The summed E-state index contributed by atoms with van der Waals surface area (Å²) in [4.78, 5) is 12.0. The van der Waals surface area contributed by atoms with Gasteiger partial charge in [-0.1, -0.05) is 48.0 Å². The lowest BCUT2D eigenvalue weighted by Gasteiger charge is -2.27. The number of nitrogens with zero attached hydrogens (tertiary/aromatic N) is 3. The standard InChI is InChI=1S/C18H19ClN4S2.2ClH/c19-12-5-6-14-11(7-12)8-23-13(10-25-18(23)22-14)9-24-17-20-15-3-1-2-4-16(15)21-17;;/h5-7,10,15-16H,1-4,8-9H2,(H,20,21);2*1H/t15-,16-;;/m1../s1. The number of hydrogen-bond donors (Lipinski definition) is 1. The summed E-state index contributed by atoms with van der Waals surface area (Å²) in [7, 11) is 0. The van der Waals surface area contributed by atoms with Gasteiger partial charge in [-0.05, 0) is 42.0 Å². The summed E-state index contributed by atoms with van der Waals surface area (Å²) < 4.78 is 0. The molecule has 1 aromatic carbocycles. The highest BCUT2D eigenvalue weighted by Gasteiger charge is 2.32. The summed E-state index contributed by atoms with van der Waals surface area (Å²) in [6.45, 7) is 0.847. The van der Waals surface area contributed by atoms with Crippen LogP contribution >= 0.6 is 59.9 Å². The minimum absolute atomic E-state index is 0. The largest absolute Gasteiger partial charge is 0.360 e. The maximum atomic E-state index is 6.15. The molecule has 3 aliphatic heterocycles. The predicted octanol–water partition coefficient (Wildman–Crippen LogP) is 5.58. The molecule has 1 N–H and O–H groups in total. The molecule has 0 bridgehead atoms. The topological polar surface area (TPSA) is 40.0 Å². The maximum absolute atomic E-state index is 6.15. The monoisotopic (exact) mass is 462 g/mol. The van der Waals surface area contributed by atoms with E-state index in [0.29, 0.717) is 12.1 Å². The molecule has 1 saturated carbocycles. The second kappa shape index (κ2) is 8.87. The van der Waals surface area contributed by atoms with Crippen LogP contribution in [0.2, 0.25) is 5.02 Å². The molecule has 0 spiro atoms. The SMILES string of the molecule is Cl.Cl.Clc1ccc2c(c1)CN1C(CSC3=N[C@@H]4CCCC[C@H]4N3)=CSC1=N2. The highest BCUT2D eigenvalue weighted by Crippen LogP contribution is 2.39. The zero-order chi connectivity index (χ0) is 16.8. The fraction of sp³-hybridized carbons (Fsp3) is 0.444.